The van der Waals surface area contributed by atoms with E-state index in [9.17, 15) is 0 Å². The standard InChI is InChI=1S/C19H24N4/c1-3-21-17-6-4-5-16-18-15(12-23(2)19(16)17)9-14(11-22-18)13-7-8-20-10-13/h4-6,9,11,13,20-21H,3,7-8,10,12H2,1-2H3. The molecule has 0 bridgehead atoms. The Hall–Kier alpha value is -2.07. The van der Waals surface area contributed by atoms with E-state index in [-0.39, 0.29) is 0 Å². The third-order valence-electron chi connectivity index (χ3n) is 4.97. The number of hydrogen-bond donors (Lipinski definition) is 2. The van der Waals surface area contributed by atoms with Crippen molar-refractivity contribution in [1.82, 2.24) is 10.3 Å². The molecular formula is C19H24N4. The van der Waals surface area contributed by atoms with Gasteiger partial charge < -0.3 is 15.5 Å². The average Bonchev–Trinajstić information content (AvgIpc) is 3.09. The molecule has 0 aliphatic carbocycles. The minimum Gasteiger partial charge on any atom is -0.384 e. The fraction of sp³-hybridized carbons (Fsp3) is 0.421. The number of aromatic nitrogens is 1. The molecule has 4 nitrogen and oxygen atoms in total. The van der Waals surface area contributed by atoms with Crippen molar-refractivity contribution in [2.75, 3.05) is 36.9 Å². The molecule has 23 heavy (non-hydrogen) atoms. The number of hydrogen-bond acceptors (Lipinski definition) is 4. The predicted molar refractivity (Wildman–Crippen MR) is 96.2 cm³/mol. The molecule has 1 fully saturated rings. The minimum absolute atomic E-state index is 0.618. The maximum Gasteiger partial charge on any atom is 0.0773 e. The van der Waals surface area contributed by atoms with Gasteiger partial charge in [-0.2, -0.15) is 0 Å². The maximum atomic E-state index is 4.86. The molecule has 1 aromatic carbocycles. The fourth-order valence-corrected chi connectivity index (χ4v) is 3.87. The van der Waals surface area contributed by atoms with Crippen LogP contribution in [0.25, 0.3) is 11.3 Å². The van der Waals surface area contributed by atoms with E-state index in [1.54, 1.807) is 0 Å². The van der Waals surface area contributed by atoms with Gasteiger partial charge in [0, 0.05) is 38.4 Å². The summed E-state index contributed by atoms with van der Waals surface area (Å²) in [6.45, 7) is 6.19. The first-order valence-electron chi connectivity index (χ1n) is 8.56. The maximum absolute atomic E-state index is 4.86. The van der Waals surface area contributed by atoms with Crippen molar-refractivity contribution in [3.05, 3.63) is 41.6 Å². The Morgan fingerprint density at radius 2 is 2.30 bits per heavy atom. The molecule has 2 aliphatic rings. The van der Waals surface area contributed by atoms with E-state index in [0.717, 1.165) is 31.9 Å². The quantitative estimate of drug-likeness (QED) is 0.913. The zero-order chi connectivity index (χ0) is 15.8. The van der Waals surface area contributed by atoms with Gasteiger partial charge in [-0.1, -0.05) is 12.1 Å². The summed E-state index contributed by atoms with van der Waals surface area (Å²) in [6, 6.07) is 8.84. The second-order valence-electron chi connectivity index (χ2n) is 6.55. The Kier molecular flexibility index (Phi) is 3.69. The van der Waals surface area contributed by atoms with E-state index in [2.05, 4.69) is 60.0 Å². The first kappa shape index (κ1) is 14.5. The van der Waals surface area contributed by atoms with Crippen molar-refractivity contribution in [1.29, 1.82) is 0 Å². The van der Waals surface area contributed by atoms with E-state index in [1.807, 2.05) is 0 Å². The molecule has 1 unspecified atom stereocenters. The predicted octanol–water partition coefficient (Wildman–Crippen LogP) is 3.21. The van der Waals surface area contributed by atoms with Crippen molar-refractivity contribution in [2.24, 2.45) is 0 Å². The van der Waals surface area contributed by atoms with Crippen LogP contribution in [0.2, 0.25) is 0 Å². The Balaban J connectivity index is 1.78. The lowest BCUT2D eigenvalue weighted by molar-refractivity contribution is 0.754. The van der Waals surface area contributed by atoms with Crippen molar-refractivity contribution in [2.45, 2.75) is 25.8 Å². The lowest BCUT2D eigenvalue weighted by Gasteiger charge is -2.31. The zero-order valence-corrected chi connectivity index (χ0v) is 13.9. The van der Waals surface area contributed by atoms with E-state index < -0.39 is 0 Å². The Morgan fingerprint density at radius 1 is 1.39 bits per heavy atom. The summed E-state index contributed by atoms with van der Waals surface area (Å²) < 4.78 is 0. The van der Waals surface area contributed by atoms with Crippen LogP contribution >= 0.6 is 0 Å². The SMILES string of the molecule is CCNc1cccc2c1N(C)Cc1cc(C3CCNC3)cnc1-2. The van der Waals surface area contributed by atoms with Gasteiger partial charge >= 0.3 is 0 Å². The van der Waals surface area contributed by atoms with Crippen LogP contribution in [-0.2, 0) is 6.54 Å². The van der Waals surface area contributed by atoms with E-state index in [1.165, 1.54) is 34.5 Å². The number of pyridine rings is 1. The van der Waals surface area contributed by atoms with Crippen LogP contribution in [0.3, 0.4) is 0 Å². The van der Waals surface area contributed by atoms with Gasteiger partial charge in [-0.15, -0.1) is 0 Å². The number of rotatable bonds is 3. The molecule has 4 heteroatoms. The van der Waals surface area contributed by atoms with Gasteiger partial charge in [0.15, 0.2) is 0 Å². The summed E-state index contributed by atoms with van der Waals surface area (Å²) in [5, 5.41) is 6.93. The van der Waals surface area contributed by atoms with Crippen molar-refractivity contribution < 1.29 is 0 Å². The Bertz CT molecular complexity index is 719. The van der Waals surface area contributed by atoms with Gasteiger partial charge in [0.05, 0.1) is 17.1 Å². The number of nitrogens with one attached hydrogen (secondary N) is 2. The van der Waals surface area contributed by atoms with Crippen LogP contribution in [0.5, 0.6) is 0 Å². The second-order valence-corrected chi connectivity index (χ2v) is 6.55. The molecule has 0 radical (unpaired) electrons. The summed E-state index contributed by atoms with van der Waals surface area (Å²) >= 11 is 0. The van der Waals surface area contributed by atoms with Crippen molar-refractivity contribution in [3.8, 4) is 11.3 Å². The van der Waals surface area contributed by atoms with Gasteiger partial charge in [0.1, 0.15) is 0 Å². The van der Waals surface area contributed by atoms with Gasteiger partial charge in [-0.05, 0) is 49.1 Å². The molecule has 1 saturated heterocycles. The summed E-state index contributed by atoms with van der Waals surface area (Å²) in [6.07, 6.45) is 3.31. The first-order chi connectivity index (χ1) is 11.3. The monoisotopic (exact) mass is 308 g/mol. The van der Waals surface area contributed by atoms with Crippen LogP contribution in [0.15, 0.2) is 30.5 Å². The lowest BCUT2D eigenvalue weighted by atomic mass is 9.93. The molecule has 1 atom stereocenters. The molecule has 2 aliphatic heterocycles. The van der Waals surface area contributed by atoms with Crippen LogP contribution in [0, 0.1) is 0 Å². The van der Waals surface area contributed by atoms with Crippen LogP contribution in [-0.4, -0.2) is 31.7 Å². The minimum atomic E-state index is 0.618. The van der Waals surface area contributed by atoms with E-state index >= 15 is 0 Å². The van der Waals surface area contributed by atoms with Crippen molar-refractivity contribution in [3.63, 3.8) is 0 Å². The highest BCUT2D eigenvalue weighted by atomic mass is 15.1. The molecule has 4 rings (SSSR count). The lowest BCUT2D eigenvalue weighted by Crippen LogP contribution is -2.24. The van der Waals surface area contributed by atoms with Crippen LogP contribution < -0.4 is 15.5 Å². The summed E-state index contributed by atoms with van der Waals surface area (Å²) in [4.78, 5) is 7.20. The fourth-order valence-electron chi connectivity index (χ4n) is 3.87. The normalized spacial score (nSPS) is 19.4. The van der Waals surface area contributed by atoms with Gasteiger partial charge in [0.25, 0.3) is 0 Å². The first-order valence-corrected chi connectivity index (χ1v) is 8.56. The van der Waals surface area contributed by atoms with Gasteiger partial charge in [-0.25, -0.2) is 0 Å². The van der Waals surface area contributed by atoms with Crippen LogP contribution in [0.4, 0.5) is 11.4 Å². The summed E-state index contributed by atoms with van der Waals surface area (Å²) in [5.74, 6) is 0.618. The molecule has 120 valence electrons. The topological polar surface area (TPSA) is 40.2 Å². The zero-order valence-electron chi connectivity index (χ0n) is 13.9. The van der Waals surface area contributed by atoms with E-state index in [0.29, 0.717) is 5.92 Å². The summed E-state index contributed by atoms with van der Waals surface area (Å²) in [7, 11) is 2.17. The van der Waals surface area contributed by atoms with Crippen molar-refractivity contribution >= 4 is 11.4 Å². The molecule has 0 saturated carbocycles. The smallest absolute Gasteiger partial charge is 0.0773 e. The number of fused-ring (bicyclic) bond motifs is 3. The molecule has 2 aromatic rings. The molecule has 0 spiro atoms. The molecule has 1 aromatic heterocycles. The average molecular weight is 308 g/mol. The Morgan fingerprint density at radius 3 is 3.09 bits per heavy atom. The number of para-hydroxylation sites is 1. The highest BCUT2D eigenvalue weighted by Gasteiger charge is 2.25. The molecule has 3 heterocycles. The highest BCUT2D eigenvalue weighted by Crippen LogP contribution is 2.42. The third-order valence-corrected chi connectivity index (χ3v) is 4.97. The largest absolute Gasteiger partial charge is 0.384 e. The Labute approximate surface area is 137 Å². The summed E-state index contributed by atoms with van der Waals surface area (Å²) in [5.41, 5.74) is 7.58. The van der Waals surface area contributed by atoms with Crippen LogP contribution in [0.1, 0.15) is 30.4 Å². The third kappa shape index (κ3) is 2.47. The molecule has 2 N–H and O–H groups in total. The number of anilines is 2. The van der Waals surface area contributed by atoms with Gasteiger partial charge in [0.2, 0.25) is 0 Å². The number of benzene rings is 1. The highest BCUT2D eigenvalue weighted by molar-refractivity contribution is 5.89. The number of nitrogens with zero attached hydrogens (tertiary/aromatic N) is 2. The van der Waals surface area contributed by atoms with E-state index in [4.69, 9.17) is 4.98 Å². The van der Waals surface area contributed by atoms with Gasteiger partial charge in [-0.3, -0.25) is 4.98 Å². The second kappa shape index (κ2) is 5.85. The molecule has 0 amide bonds. The molecular weight excluding hydrogens is 284 g/mol.